The Kier molecular flexibility index (Phi) is 4.36. The van der Waals surface area contributed by atoms with Crippen LogP contribution in [0, 0.1) is 29.1 Å². The quantitative estimate of drug-likeness (QED) is 0.521. The molecule has 4 fully saturated rings. The van der Waals surface area contributed by atoms with Gasteiger partial charge in [0.2, 0.25) is 0 Å². The third-order valence-electron chi connectivity index (χ3n) is 9.21. The molecule has 2 N–H and O–H groups in total. The molecular weight excluding hydrogens is 368 g/mol. The highest BCUT2D eigenvalue weighted by Gasteiger charge is 2.68. The largest absolute Gasteiger partial charge is 0.386 e. The smallest absolute Gasteiger partial charge is 0.171 e. The molecule has 0 aromatic heterocycles. The lowest BCUT2D eigenvalue weighted by molar-refractivity contribution is -0.281. The van der Waals surface area contributed by atoms with Crippen LogP contribution in [0.3, 0.4) is 0 Å². The maximum absolute atomic E-state index is 11.9. The Morgan fingerprint density at radius 2 is 1.86 bits per heavy atom. The molecule has 0 unspecified atom stereocenters. The molecule has 160 valence electrons. The first kappa shape index (κ1) is 20.0. The number of methoxy groups -OCH3 is 1. The number of ether oxygens (including phenoxy) is 3. The van der Waals surface area contributed by atoms with E-state index in [-0.39, 0.29) is 5.41 Å². The zero-order valence-electron chi connectivity index (χ0n) is 17.9. The maximum atomic E-state index is 11.9. The first-order valence-corrected chi connectivity index (χ1v) is 11.2. The van der Waals surface area contributed by atoms with E-state index in [2.05, 4.69) is 24.8 Å². The zero-order chi connectivity index (χ0) is 20.5. The summed E-state index contributed by atoms with van der Waals surface area (Å²) in [5.74, 6) is 6.13. The highest BCUT2D eigenvalue weighted by molar-refractivity contribution is 5.38. The molecule has 5 aliphatic rings. The Morgan fingerprint density at radius 1 is 1.10 bits per heavy atom. The Morgan fingerprint density at radius 3 is 2.55 bits per heavy atom. The standard InChI is InChI=1S/C24H34O5/c1-4-8-21(25)11-7-18-17-5-10-22(26)16-23(28-14-15-29-23)12-13-24(22,27-3)19(17)6-9-20(18,21)2/h6,17-18,25-26H,5,7,9-16H2,1-3H3/t17-,18-,20+,21+,22-,24+/m1/s1. The summed E-state index contributed by atoms with van der Waals surface area (Å²) >= 11 is 0. The second-order valence-corrected chi connectivity index (χ2v) is 10.2. The van der Waals surface area contributed by atoms with Crippen LogP contribution in [0.15, 0.2) is 11.6 Å². The van der Waals surface area contributed by atoms with Crippen molar-refractivity contribution >= 4 is 0 Å². The van der Waals surface area contributed by atoms with E-state index < -0.39 is 22.6 Å². The highest BCUT2D eigenvalue weighted by atomic mass is 16.7. The van der Waals surface area contributed by atoms with E-state index in [1.54, 1.807) is 7.11 Å². The van der Waals surface area contributed by atoms with E-state index in [0.717, 1.165) is 32.1 Å². The summed E-state index contributed by atoms with van der Waals surface area (Å²) in [5.41, 5.74) is -1.60. The normalized spacial score (nSPS) is 50.2. The van der Waals surface area contributed by atoms with E-state index in [4.69, 9.17) is 14.2 Å². The SMILES string of the molecule is CC#C[C@]1(O)CC[C@@H]2[C@H]3CC[C@@]4(O)CC5(CC[C@]4(OC)C3=CC[C@@]21C)OCCO5. The predicted molar refractivity (Wildman–Crippen MR) is 108 cm³/mol. The fourth-order valence-corrected chi connectivity index (χ4v) is 7.69. The molecule has 0 radical (unpaired) electrons. The van der Waals surface area contributed by atoms with E-state index in [9.17, 15) is 10.2 Å². The molecule has 0 aromatic carbocycles. The summed E-state index contributed by atoms with van der Waals surface area (Å²) in [6.07, 6.45) is 8.21. The van der Waals surface area contributed by atoms with Crippen molar-refractivity contribution in [2.75, 3.05) is 20.3 Å². The van der Waals surface area contributed by atoms with Gasteiger partial charge in [-0.3, -0.25) is 0 Å². The molecule has 3 saturated carbocycles. The van der Waals surface area contributed by atoms with Gasteiger partial charge in [0.05, 0.1) is 13.2 Å². The number of aliphatic hydroxyl groups is 2. The molecule has 5 rings (SSSR count). The molecule has 1 aliphatic heterocycles. The average Bonchev–Trinajstić information content (AvgIpc) is 3.24. The fourth-order valence-electron chi connectivity index (χ4n) is 7.69. The molecular formula is C24H34O5. The topological polar surface area (TPSA) is 68.2 Å². The Bertz CT molecular complexity index is 789. The van der Waals surface area contributed by atoms with Gasteiger partial charge in [0.1, 0.15) is 16.8 Å². The van der Waals surface area contributed by atoms with Crippen molar-refractivity contribution in [3.8, 4) is 11.8 Å². The third kappa shape index (κ3) is 2.41. The van der Waals surface area contributed by atoms with Crippen molar-refractivity contribution in [3.63, 3.8) is 0 Å². The van der Waals surface area contributed by atoms with Crippen LogP contribution in [-0.4, -0.2) is 53.1 Å². The monoisotopic (exact) mass is 402 g/mol. The first-order valence-electron chi connectivity index (χ1n) is 11.2. The summed E-state index contributed by atoms with van der Waals surface area (Å²) in [4.78, 5) is 0. The van der Waals surface area contributed by atoms with Crippen LogP contribution in [0.25, 0.3) is 0 Å². The number of allylic oxidation sites excluding steroid dienone is 1. The van der Waals surface area contributed by atoms with Crippen molar-refractivity contribution in [2.45, 2.75) is 87.8 Å². The van der Waals surface area contributed by atoms with Crippen LogP contribution in [0.5, 0.6) is 0 Å². The van der Waals surface area contributed by atoms with Gasteiger partial charge in [0.25, 0.3) is 0 Å². The molecule has 0 amide bonds. The molecule has 5 nitrogen and oxygen atoms in total. The van der Waals surface area contributed by atoms with Gasteiger partial charge in [-0.2, -0.15) is 0 Å². The van der Waals surface area contributed by atoms with Gasteiger partial charge in [0.15, 0.2) is 5.79 Å². The molecule has 4 aliphatic carbocycles. The minimum Gasteiger partial charge on any atom is -0.386 e. The molecule has 6 atom stereocenters. The van der Waals surface area contributed by atoms with Crippen LogP contribution >= 0.6 is 0 Å². The van der Waals surface area contributed by atoms with Crippen LogP contribution in [0.2, 0.25) is 0 Å². The van der Waals surface area contributed by atoms with Crippen LogP contribution < -0.4 is 0 Å². The number of rotatable bonds is 1. The fraction of sp³-hybridized carbons (Fsp3) is 0.833. The Hall–Kier alpha value is -0.900. The van der Waals surface area contributed by atoms with Crippen molar-refractivity contribution in [3.05, 3.63) is 11.6 Å². The van der Waals surface area contributed by atoms with Gasteiger partial charge in [-0.1, -0.05) is 18.9 Å². The summed E-state index contributed by atoms with van der Waals surface area (Å²) in [5, 5.41) is 23.3. The summed E-state index contributed by atoms with van der Waals surface area (Å²) in [7, 11) is 1.74. The Labute approximate surface area is 173 Å². The second-order valence-electron chi connectivity index (χ2n) is 10.2. The number of hydrogen-bond acceptors (Lipinski definition) is 5. The summed E-state index contributed by atoms with van der Waals surface area (Å²) in [6, 6.07) is 0. The molecule has 0 bridgehead atoms. The van der Waals surface area contributed by atoms with Crippen LogP contribution in [0.1, 0.15) is 65.2 Å². The molecule has 1 saturated heterocycles. The first-order chi connectivity index (χ1) is 13.8. The van der Waals surface area contributed by atoms with Crippen LogP contribution in [-0.2, 0) is 14.2 Å². The lowest BCUT2D eigenvalue weighted by Crippen LogP contribution is -2.68. The minimum absolute atomic E-state index is 0.248. The maximum Gasteiger partial charge on any atom is 0.171 e. The summed E-state index contributed by atoms with van der Waals surface area (Å²) < 4.78 is 18.1. The van der Waals surface area contributed by atoms with Gasteiger partial charge in [-0.15, -0.1) is 5.92 Å². The van der Waals surface area contributed by atoms with Gasteiger partial charge >= 0.3 is 0 Å². The molecule has 29 heavy (non-hydrogen) atoms. The summed E-state index contributed by atoms with van der Waals surface area (Å²) in [6.45, 7) is 5.21. The molecule has 0 aromatic rings. The highest BCUT2D eigenvalue weighted by Crippen LogP contribution is 2.66. The van der Waals surface area contributed by atoms with Crippen molar-refractivity contribution in [2.24, 2.45) is 17.3 Å². The van der Waals surface area contributed by atoms with E-state index in [0.29, 0.717) is 44.3 Å². The number of hydrogen-bond donors (Lipinski definition) is 2. The minimum atomic E-state index is -0.988. The second kappa shape index (κ2) is 6.31. The Balaban J connectivity index is 1.54. The van der Waals surface area contributed by atoms with E-state index in [1.807, 2.05) is 6.92 Å². The molecule has 1 heterocycles. The molecule has 5 heteroatoms. The van der Waals surface area contributed by atoms with Gasteiger partial charge in [-0.05, 0) is 62.9 Å². The average molecular weight is 403 g/mol. The number of fused-ring (bicyclic) bond motifs is 5. The molecule has 1 spiro atoms. The van der Waals surface area contributed by atoms with Gasteiger partial charge in [-0.25, -0.2) is 0 Å². The van der Waals surface area contributed by atoms with Crippen molar-refractivity contribution in [1.82, 2.24) is 0 Å². The van der Waals surface area contributed by atoms with Crippen molar-refractivity contribution in [1.29, 1.82) is 0 Å². The van der Waals surface area contributed by atoms with Crippen molar-refractivity contribution < 1.29 is 24.4 Å². The van der Waals surface area contributed by atoms with Gasteiger partial charge < -0.3 is 24.4 Å². The lowest BCUT2D eigenvalue weighted by atomic mass is 9.50. The lowest BCUT2D eigenvalue weighted by Gasteiger charge is -2.61. The predicted octanol–water partition coefficient (Wildman–Crippen LogP) is 2.94. The van der Waals surface area contributed by atoms with E-state index >= 15 is 0 Å². The third-order valence-corrected chi connectivity index (χ3v) is 9.21. The van der Waals surface area contributed by atoms with Crippen LogP contribution in [0.4, 0.5) is 0 Å². The van der Waals surface area contributed by atoms with Gasteiger partial charge in [0, 0.05) is 25.4 Å². The zero-order valence-corrected chi connectivity index (χ0v) is 17.9. The van der Waals surface area contributed by atoms with E-state index in [1.165, 1.54) is 5.57 Å².